The van der Waals surface area contributed by atoms with Crippen molar-refractivity contribution in [3.05, 3.63) is 271 Å². The summed E-state index contributed by atoms with van der Waals surface area (Å²) in [6.07, 6.45) is 0. The molecule has 13 aromatic rings. The standard InChI is InChI=1S/C67H41NO/c1-2-16-50-48(15-1)49-17-3-4-22-56(49)65-57(50)24-14-29-63(65)68(45-37-35-43(36-38-45)42-31-33-44(34-32-42)47-23-13-25-58-55-21-8-12-30-64(55)69-66(47)58)46-39-40-54-53-20-7-11-28-61(53)67(62(54)41-46)59-26-9-5-18-51(59)52-19-6-10-27-60(52)67/h1-41H. The highest BCUT2D eigenvalue weighted by atomic mass is 16.3. The summed E-state index contributed by atoms with van der Waals surface area (Å²) in [7, 11) is 0. The molecule has 2 nitrogen and oxygen atoms in total. The lowest BCUT2D eigenvalue weighted by atomic mass is 9.70. The summed E-state index contributed by atoms with van der Waals surface area (Å²) in [5.74, 6) is 0. The predicted molar refractivity (Wildman–Crippen MR) is 288 cm³/mol. The van der Waals surface area contributed by atoms with E-state index in [1.54, 1.807) is 0 Å². The van der Waals surface area contributed by atoms with Crippen LogP contribution in [0, 0.1) is 0 Å². The number of benzene rings is 12. The highest BCUT2D eigenvalue weighted by molar-refractivity contribution is 6.29. The van der Waals surface area contributed by atoms with E-state index in [0.29, 0.717) is 0 Å². The molecule has 69 heavy (non-hydrogen) atoms. The van der Waals surface area contributed by atoms with Gasteiger partial charge >= 0.3 is 0 Å². The van der Waals surface area contributed by atoms with Crippen molar-refractivity contribution in [2.75, 3.05) is 4.90 Å². The Kier molecular flexibility index (Phi) is 8.02. The molecule has 0 bridgehead atoms. The van der Waals surface area contributed by atoms with E-state index in [0.717, 1.165) is 61.3 Å². The van der Waals surface area contributed by atoms with Gasteiger partial charge < -0.3 is 9.32 Å². The van der Waals surface area contributed by atoms with Gasteiger partial charge in [0.05, 0.1) is 11.1 Å². The molecule has 1 aromatic heterocycles. The Morgan fingerprint density at radius 3 is 1.36 bits per heavy atom. The van der Waals surface area contributed by atoms with Crippen LogP contribution in [0.4, 0.5) is 17.1 Å². The SMILES string of the molecule is c1ccc2c(c1)-c1ccccc1C21c2ccccc2-c2ccc(N(c3ccc(-c4ccc(-c5cccc6c5oc5ccccc56)cc4)cc3)c3cccc4c5ccccc5c5ccccc5c34)cc21. The molecule has 2 aliphatic rings. The Labute approximate surface area is 399 Å². The summed E-state index contributed by atoms with van der Waals surface area (Å²) >= 11 is 0. The lowest BCUT2D eigenvalue weighted by Crippen LogP contribution is -2.26. The van der Waals surface area contributed by atoms with Crippen molar-refractivity contribution in [3.8, 4) is 44.5 Å². The Bertz CT molecular complexity index is 4140. The molecule has 15 rings (SSSR count). The first kappa shape index (κ1) is 38.2. The van der Waals surface area contributed by atoms with Gasteiger partial charge in [-0.15, -0.1) is 0 Å². The van der Waals surface area contributed by atoms with E-state index in [9.17, 15) is 0 Å². The third-order valence-corrected chi connectivity index (χ3v) is 15.3. The second-order valence-electron chi connectivity index (χ2n) is 18.6. The monoisotopic (exact) mass is 875 g/mol. The molecule has 1 heterocycles. The van der Waals surface area contributed by atoms with Crippen LogP contribution in [-0.2, 0) is 5.41 Å². The third-order valence-electron chi connectivity index (χ3n) is 15.3. The van der Waals surface area contributed by atoms with Crippen LogP contribution in [0.25, 0.3) is 98.8 Å². The van der Waals surface area contributed by atoms with Gasteiger partial charge in [-0.25, -0.2) is 0 Å². The molecule has 0 atom stereocenters. The molecule has 0 N–H and O–H groups in total. The predicted octanol–water partition coefficient (Wildman–Crippen LogP) is 18.2. The first-order valence-corrected chi connectivity index (χ1v) is 23.9. The Morgan fingerprint density at radius 2 is 0.725 bits per heavy atom. The van der Waals surface area contributed by atoms with Crippen molar-refractivity contribution >= 4 is 71.3 Å². The maximum Gasteiger partial charge on any atom is 0.143 e. The minimum Gasteiger partial charge on any atom is -0.455 e. The van der Waals surface area contributed by atoms with Crippen LogP contribution in [0.5, 0.6) is 0 Å². The fourth-order valence-electron chi connectivity index (χ4n) is 12.4. The highest BCUT2D eigenvalue weighted by Gasteiger charge is 2.51. The maximum atomic E-state index is 6.43. The van der Waals surface area contributed by atoms with Crippen molar-refractivity contribution < 1.29 is 4.42 Å². The van der Waals surface area contributed by atoms with E-state index in [4.69, 9.17) is 4.42 Å². The molecular formula is C67H41NO. The zero-order valence-corrected chi connectivity index (χ0v) is 37.5. The fourth-order valence-corrected chi connectivity index (χ4v) is 12.4. The minimum absolute atomic E-state index is 0.464. The Morgan fingerprint density at radius 1 is 0.290 bits per heavy atom. The lowest BCUT2D eigenvalue weighted by Gasteiger charge is -2.32. The smallest absolute Gasteiger partial charge is 0.143 e. The van der Waals surface area contributed by atoms with Crippen LogP contribution in [0.2, 0.25) is 0 Å². The van der Waals surface area contributed by atoms with Gasteiger partial charge in [-0.2, -0.15) is 0 Å². The normalized spacial score (nSPS) is 13.0. The van der Waals surface area contributed by atoms with E-state index in [1.165, 1.54) is 76.8 Å². The van der Waals surface area contributed by atoms with Crippen LogP contribution in [0.15, 0.2) is 253 Å². The summed E-state index contributed by atoms with van der Waals surface area (Å²) < 4.78 is 6.43. The molecule has 0 unspecified atom stereocenters. The van der Waals surface area contributed by atoms with E-state index in [1.807, 2.05) is 12.1 Å². The summed E-state index contributed by atoms with van der Waals surface area (Å²) in [4.78, 5) is 2.51. The molecule has 320 valence electrons. The summed E-state index contributed by atoms with van der Waals surface area (Å²) in [5, 5.41) is 9.78. The van der Waals surface area contributed by atoms with Crippen molar-refractivity contribution in [1.29, 1.82) is 0 Å². The number of hydrogen-bond acceptors (Lipinski definition) is 2. The molecule has 0 saturated heterocycles. The molecule has 1 spiro atoms. The van der Waals surface area contributed by atoms with Gasteiger partial charge in [-0.3, -0.25) is 0 Å². The molecule has 0 fully saturated rings. The largest absolute Gasteiger partial charge is 0.455 e. The van der Waals surface area contributed by atoms with E-state index < -0.39 is 5.41 Å². The van der Waals surface area contributed by atoms with Crippen molar-refractivity contribution in [2.24, 2.45) is 0 Å². The van der Waals surface area contributed by atoms with Crippen LogP contribution < -0.4 is 4.90 Å². The molecular weight excluding hydrogens is 835 g/mol. The molecule has 2 aliphatic carbocycles. The van der Waals surface area contributed by atoms with Gasteiger partial charge in [0.15, 0.2) is 0 Å². The van der Waals surface area contributed by atoms with Crippen molar-refractivity contribution in [2.45, 2.75) is 5.41 Å². The highest BCUT2D eigenvalue weighted by Crippen LogP contribution is 2.63. The number of furan rings is 1. The zero-order chi connectivity index (χ0) is 45.2. The van der Waals surface area contributed by atoms with Gasteiger partial charge in [-0.05, 0) is 125 Å². The fraction of sp³-hybridized carbons (Fsp3) is 0.0149. The van der Waals surface area contributed by atoms with Gasteiger partial charge in [0.2, 0.25) is 0 Å². The van der Waals surface area contributed by atoms with Crippen molar-refractivity contribution in [1.82, 2.24) is 0 Å². The molecule has 2 heteroatoms. The van der Waals surface area contributed by atoms with Crippen molar-refractivity contribution in [3.63, 3.8) is 0 Å². The van der Waals surface area contributed by atoms with Crippen LogP contribution in [0.3, 0.4) is 0 Å². The minimum atomic E-state index is -0.464. The average Bonchev–Trinajstić information content (AvgIpc) is 4.06. The number of rotatable bonds is 5. The second kappa shape index (κ2) is 14.5. The van der Waals surface area contributed by atoms with E-state index >= 15 is 0 Å². The summed E-state index contributed by atoms with van der Waals surface area (Å²) in [6, 6.07) is 91.9. The Hall–Kier alpha value is -8.98. The summed E-state index contributed by atoms with van der Waals surface area (Å²) in [6.45, 7) is 0. The van der Waals surface area contributed by atoms with Crippen LogP contribution in [-0.4, -0.2) is 0 Å². The number of nitrogens with zero attached hydrogens (tertiary/aromatic N) is 1. The molecule has 0 radical (unpaired) electrons. The summed E-state index contributed by atoms with van der Waals surface area (Å²) in [5.41, 5.74) is 19.8. The molecule has 0 aliphatic heterocycles. The number of para-hydroxylation sites is 2. The lowest BCUT2D eigenvalue weighted by molar-refractivity contribution is 0.670. The topological polar surface area (TPSA) is 16.4 Å². The quantitative estimate of drug-likeness (QED) is 0.160. The van der Waals surface area contributed by atoms with Gasteiger partial charge in [0.1, 0.15) is 11.2 Å². The second-order valence-corrected chi connectivity index (χ2v) is 18.6. The molecule has 12 aromatic carbocycles. The molecule has 0 saturated carbocycles. The third kappa shape index (κ3) is 5.31. The van der Waals surface area contributed by atoms with Crippen LogP contribution in [0.1, 0.15) is 22.3 Å². The van der Waals surface area contributed by atoms with Gasteiger partial charge in [-0.1, -0.05) is 212 Å². The van der Waals surface area contributed by atoms with E-state index in [-0.39, 0.29) is 0 Å². The first-order chi connectivity index (χ1) is 34.2. The van der Waals surface area contributed by atoms with Gasteiger partial charge in [0.25, 0.3) is 0 Å². The van der Waals surface area contributed by atoms with Crippen LogP contribution >= 0.6 is 0 Å². The molecule has 0 amide bonds. The number of anilines is 3. The first-order valence-electron chi connectivity index (χ1n) is 23.9. The zero-order valence-electron chi connectivity index (χ0n) is 37.5. The average molecular weight is 876 g/mol. The number of fused-ring (bicyclic) bond motifs is 19. The maximum absolute atomic E-state index is 6.43. The van der Waals surface area contributed by atoms with E-state index in [2.05, 4.69) is 241 Å². The Balaban J connectivity index is 0.927. The number of hydrogen-bond donors (Lipinski definition) is 0. The van der Waals surface area contributed by atoms with Gasteiger partial charge in [0, 0.05) is 33.1 Å².